The molecule has 0 saturated heterocycles. The van der Waals surface area contributed by atoms with Crippen molar-refractivity contribution in [3.05, 3.63) is 53.2 Å². The number of halogens is 1. The first kappa shape index (κ1) is 16.5. The lowest BCUT2D eigenvalue weighted by atomic mass is 10.2. The predicted octanol–water partition coefficient (Wildman–Crippen LogP) is 2.37. The van der Waals surface area contributed by atoms with E-state index in [2.05, 4.69) is 10.4 Å². The summed E-state index contributed by atoms with van der Waals surface area (Å²) in [5.74, 6) is -0.290. The molecule has 2 aromatic rings. The van der Waals surface area contributed by atoms with Crippen LogP contribution in [0.1, 0.15) is 5.56 Å². The van der Waals surface area contributed by atoms with E-state index in [1.165, 1.54) is 12.1 Å². The highest BCUT2D eigenvalue weighted by Crippen LogP contribution is 2.28. The molecule has 0 aliphatic rings. The van der Waals surface area contributed by atoms with Crippen LogP contribution in [-0.2, 0) is 13.7 Å². The third-order valence-electron chi connectivity index (χ3n) is 2.94. The van der Waals surface area contributed by atoms with Crippen molar-refractivity contribution in [1.82, 2.24) is 9.78 Å². The summed E-state index contributed by atoms with van der Waals surface area (Å²) in [6, 6.07) is 8.63. The molecule has 0 saturated carbocycles. The summed E-state index contributed by atoms with van der Waals surface area (Å²) in [6.45, 7) is 0.184. The van der Waals surface area contributed by atoms with E-state index in [0.29, 0.717) is 0 Å². The Balaban J connectivity index is 2.28. The molecule has 0 atom stereocenters. The van der Waals surface area contributed by atoms with E-state index >= 15 is 0 Å². The molecule has 7 nitrogen and oxygen atoms in total. The molecule has 24 heavy (non-hydrogen) atoms. The zero-order valence-electron chi connectivity index (χ0n) is 12.6. The van der Waals surface area contributed by atoms with Crippen molar-refractivity contribution in [3.63, 3.8) is 0 Å². The largest absolute Gasteiger partial charge is 0.487 e. The Morgan fingerprint density at radius 1 is 1.29 bits per heavy atom. The molecule has 1 N–H and O–H groups in total. The summed E-state index contributed by atoms with van der Waals surface area (Å²) in [7, 11) is 1.77. The molecule has 2 rings (SSSR count). The van der Waals surface area contributed by atoms with Gasteiger partial charge < -0.3 is 10.1 Å². The lowest BCUT2D eigenvalue weighted by molar-refractivity contribution is 0.307. The number of allylic oxidation sites excluding steroid dienone is 2. The molecular weight excluding hydrogens is 311 g/mol. The fourth-order valence-electron chi connectivity index (χ4n) is 1.85. The van der Waals surface area contributed by atoms with Crippen molar-refractivity contribution in [2.75, 3.05) is 5.32 Å². The van der Waals surface area contributed by atoms with Crippen LogP contribution >= 0.6 is 0 Å². The molecule has 1 aromatic heterocycles. The predicted molar refractivity (Wildman–Crippen MR) is 81.4 cm³/mol. The first-order valence-corrected chi connectivity index (χ1v) is 6.69. The highest BCUT2D eigenvalue weighted by Gasteiger charge is 2.12. The quantitative estimate of drug-likeness (QED) is 0.846. The van der Waals surface area contributed by atoms with Crippen LogP contribution in [0, 0.1) is 39.8 Å². The number of nitrogens with one attached hydrogen (secondary N) is 1. The summed E-state index contributed by atoms with van der Waals surface area (Å²) in [5.41, 5.74) is 0.258. The summed E-state index contributed by atoms with van der Waals surface area (Å²) in [5, 5.41) is 33.3. The maximum Gasteiger partial charge on any atom is 0.163 e. The molecule has 0 unspecified atom stereocenters. The number of hydrogen-bond acceptors (Lipinski definition) is 6. The number of nitriles is 3. The Labute approximate surface area is 137 Å². The molecule has 0 aliphatic heterocycles. The summed E-state index contributed by atoms with van der Waals surface area (Å²) in [4.78, 5) is 0. The van der Waals surface area contributed by atoms with E-state index in [1.54, 1.807) is 42.3 Å². The average molecular weight is 322 g/mol. The van der Waals surface area contributed by atoms with Gasteiger partial charge in [-0.25, -0.2) is 4.39 Å². The van der Waals surface area contributed by atoms with Gasteiger partial charge >= 0.3 is 0 Å². The molecule has 1 heterocycles. The maximum atomic E-state index is 13.5. The number of benzene rings is 1. The minimum absolute atomic E-state index is 0.137. The third kappa shape index (κ3) is 3.88. The van der Waals surface area contributed by atoms with Gasteiger partial charge in [0.2, 0.25) is 0 Å². The van der Waals surface area contributed by atoms with Crippen molar-refractivity contribution >= 4 is 5.69 Å². The molecule has 0 aliphatic carbocycles. The standard InChI is InChI=1S/C16H11FN6O/c1-23-9-11(8-21-23)10-24-16-3-2-13(17)4-14(16)22-15(7-20)12(5-18)6-19/h2-4,8-9,22H,10H2,1H3. The number of aryl methyl sites for hydroxylation is 1. The molecule has 0 radical (unpaired) electrons. The second kappa shape index (κ2) is 7.44. The molecule has 1 aromatic carbocycles. The average Bonchev–Trinajstić information content (AvgIpc) is 2.99. The minimum atomic E-state index is -0.556. The second-order valence-electron chi connectivity index (χ2n) is 4.66. The summed E-state index contributed by atoms with van der Waals surface area (Å²) < 4.78 is 20.7. The van der Waals surface area contributed by atoms with Crippen molar-refractivity contribution < 1.29 is 9.13 Å². The lowest BCUT2D eigenvalue weighted by Gasteiger charge is -2.12. The molecular formula is C16H11FN6O. The Bertz CT molecular complexity index is 894. The van der Waals surface area contributed by atoms with Crippen LogP contribution in [0.15, 0.2) is 41.9 Å². The fourth-order valence-corrected chi connectivity index (χ4v) is 1.85. The van der Waals surface area contributed by atoms with E-state index in [-0.39, 0.29) is 23.7 Å². The van der Waals surface area contributed by atoms with E-state index < -0.39 is 11.4 Å². The van der Waals surface area contributed by atoms with Crippen LogP contribution < -0.4 is 10.1 Å². The Morgan fingerprint density at radius 3 is 2.62 bits per heavy atom. The molecule has 0 bridgehead atoms. The van der Waals surface area contributed by atoms with E-state index in [4.69, 9.17) is 20.5 Å². The van der Waals surface area contributed by atoms with Crippen LogP contribution in [0.4, 0.5) is 10.1 Å². The number of rotatable bonds is 5. The van der Waals surface area contributed by atoms with Crippen LogP contribution in [0.25, 0.3) is 0 Å². The number of aromatic nitrogens is 2. The van der Waals surface area contributed by atoms with Crippen LogP contribution in [0.3, 0.4) is 0 Å². The SMILES string of the molecule is Cn1cc(COc2ccc(F)cc2NC(C#N)=C(C#N)C#N)cn1. The van der Waals surface area contributed by atoms with Crippen molar-refractivity contribution in [2.24, 2.45) is 7.05 Å². The number of ether oxygens (including phenoxy) is 1. The van der Waals surface area contributed by atoms with Gasteiger partial charge in [-0.05, 0) is 12.1 Å². The van der Waals surface area contributed by atoms with Gasteiger partial charge in [0.05, 0.1) is 11.9 Å². The van der Waals surface area contributed by atoms with Crippen LogP contribution in [0.2, 0.25) is 0 Å². The molecule has 0 spiro atoms. The molecule has 0 amide bonds. The highest BCUT2D eigenvalue weighted by atomic mass is 19.1. The summed E-state index contributed by atoms with van der Waals surface area (Å²) >= 11 is 0. The van der Waals surface area contributed by atoms with Gasteiger partial charge in [0.25, 0.3) is 0 Å². The zero-order valence-corrected chi connectivity index (χ0v) is 12.6. The highest BCUT2D eigenvalue weighted by molar-refractivity contribution is 5.64. The fraction of sp³-hybridized carbons (Fsp3) is 0.125. The second-order valence-corrected chi connectivity index (χ2v) is 4.66. The van der Waals surface area contributed by atoms with E-state index in [1.807, 2.05) is 0 Å². The van der Waals surface area contributed by atoms with E-state index in [0.717, 1.165) is 11.6 Å². The minimum Gasteiger partial charge on any atom is -0.487 e. The molecule has 118 valence electrons. The number of hydrogen-bond donors (Lipinski definition) is 1. The lowest BCUT2D eigenvalue weighted by Crippen LogP contribution is -2.04. The van der Waals surface area contributed by atoms with Gasteiger partial charge in [0.15, 0.2) is 5.57 Å². The molecule has 0 fully saturated rings. The van der Waals surface area contributed by atoms with Gasteiger partial charge in [-0.3, -0.25) is 4.68 Å². The van der Waals surface area contributed by atoms with Gasteiger partial charge in [0, 0.05) is 24.9 Å². The maximum absolute atomic E-state index is 13.5. The Morgan fingerprint density at radius 2 is 2.04 bits per heavy atom. The number of anilines is 1. The van der Waals surface area contributed by atoms with Gasteiger partial charge in [-0.1, -0.05) is 0 Å². The van der Waals surface area contributed by atoms with E-state index in [9.17, 15) is 4.39 Å². The van der Waals surface area contributed by atoms with Crippen molar-refractivity contribution in [2.45, 2.75) is 6.61 Å². The smallest absolute Gasteiger partial charge is 0.163 e. The van der Waals surface area contributed by atoms with Crippen LogP contribution in [0.5, 0.6) is 5.75 Å². The third-order valence-corrected chi connectivity index (χ3v) is 2.94. The first-order chi connectivity index (χ1) is 11.6. The van der Waals surface area contributed by atoms with Gasteiger partial charge in [0.1, 0.15) is 42.1 Å². The normalized spacial score (nSPS) is 9.29. The monoisotopic (exact) mass is 322 g/mol. The van der Waals surface area contributed by atoms with Gasteiger partial charge in [-0.15, -0.1) is 0 Å². The number of nitrogens with zero attached hydrogens (tertiary/aromatic N) is 5. The van der Waals surface area contributed by atoms with Gasteiger partial charge in [-0.2, -0.15) is 20.9 Å². The topological polar surface area (TPSA) is 110 Å². The first-order valence-electron chi connectivity index (χ1n) is 6.69. The van der Waals surface area contributed by atoms with Crippen molar-refractivity contribution in [3.8, 4) is 24.0 Å². The van der Waals surface area contributed by atoms with Crippen LogP contribution in [-0.4, -0.2) is 9.78 Å². The summed E-state index contributed by atoms with van der Waals surface area (Å²) in [6.07, 6.45) is 3.39. The molecule has 8 heteroatoms. The Hall–Kier alpha value is -3.83. The zero-order chi connectivity index (χ0) is 17.5. The Kier molecular flexibility index (Phi) is 5.13. The van der Waals surface area contributed by atoms with Crippen molar-refractivity contribution in [1.29, 1.82) is 15.8 Å².